The zero-order chi connectivity index (χ0) is 13.9. The summed E-state index contributed by atoms with van der Waals surface area (Å²) in [6.45, 7) is 0.586. The van der Waals surface area contributed by atoms with E-state index in [0.29, 0.717) is 18.8 Å². The van der Waals surface area contributed by atoms with Gasteiger partial charge < -0.3 is 14.7 Å². The molecular weight excluding hydrogens is 246 g/mol. The summed E-state index contributed by atoms with van der Waals surface area (Å²) in [5.41, 5.74) is 0. The lowest BCUT2D eigenvalue weighted by molar-refractivity contribution is -0.144. The van der Waals surface area contributed by atoms with E-state index in [0.717, 1.165) is 32.1 Å². The van der Waals surface area contributed by atoms with E-state index in [4.69, 9.17) is 10.6 Å². The van der Waals surface area contributed by atoms with E-state index in [2.05, 4.69) is 4.84 Å². The molecule has 0 aromatic heterocycles. The first kappa shape index (κ1) is 15.3. The molecule has 5 nitrogen and oxygen atoms in total. The summed E-state index contributed by atoms with van der Waals surface area (Å²) in [4.78, 5) is 14.8. The van der Waals surface area contributed by atoms with Crippen LogP contribution < -0.4 is 10.6 Å². The number of hydrogen-bond donors (Lipinski definition) is 2. The van der Waals surface area contributed by atoms with Gasteiger partial charge in [-0.05, 0) is 25.0 Å². The Labute approximate surface area is 113 Å². The minimum atomic E-state index is -0.358. The molecule has 0 amide bonds. The van der Waals surface area contributed by atoms with Crippen molar-refractivity contribution in [3.8, 4) is 11.5 Å². The number of hydrogen-bond acceptors (Lipinski definition) is 5. The third-order valence-electron chi connectivity index (χ3n) is 2.78. The standard InChI is InChI=1S/C14H21NO4/c15-19-14(17)10-4-2-1-3-7-11-18-13-9-6-5-8-12(13)16/h5-6,8-9,16H,1-4,7,10-11,15H2. The Morgan fingerprint density at radius 2 is 1.79 bits per heavy atom. The Morgan fingerprint density at radius 1 is 1.11 bits per heavy atom. The average molecular weight is 267 g/mol. The fraction of sp³-hybridized carbons (Fsp3) is 0.500. The molecule has 0 heterocycles. The number of carbonyl (C=O) groups is 1. The van der Waals surface area contributed by atoms with Gasteiger partial charge >= 0.3 is 5.97 Å². The number of para-hydroxylation sites is 2. The van der Waals surface area contributed by atoms with Crippen molar-refractivity contribution >= 4 is 5.97 Å². The summed E-state index contributed by atoms with van der Waals surface area (Å²) >= 11 is 0. The van der Waals surface area contributed by atoms with Gasteiger partial charge in [0.05, 0.1) is 6.61 Å². The molecule has 5 heteroatoms. The summed E-state index contributed by atoms with van der Waals surface area (Å²) < 4.78 is 5.46. The first-order chi connectivity index (χ1) is 9.24. The van der Waals surface area contributed by atoms with Crippen LogP contribution in [0.1, 0.15) is 38.5 Å². The molecule has 0 bridgehead atoms. The molecule has 0 saturated carbocycles. The van der Waals surface area contributed by atoms with Gasteiger partial charge in [0, 0.05) is 6.42 Å². The molecule has 19 heavy (non-hydrogen) atoms. The smallest absolute Gasteiger partial charge is 0.324 e. The predicted octanol–water partition coefficient (Wildman–Crippen LogP) is 2.53. The molecule has 0 radical (unpaired) electrons. The number of phenols is 1. The van der Waals surface area contributed by atoms with Crippen LogP contribution in [0.4, 0.5) is 0 Å². The maximum Gasteiger partial charge on any atom is 0.324 e. The maximum absolute atomic E-state index is 10.7. The van der Waals surface area contributed by atoms with Gasteiger partial charge in [-0.25, -0.2) is 0 Å². The summed E-state index contributed by atoms with van der Waals surface area (Å²) in [5, 5.41) is 9.48. The highest BCUT2D eigenvalue weighted by Crippen LogP contribution is 2.24. The molecule has 0 spiro atoms. The quantitative estimate of drug-likeness (QED) is 0.530. The van der Waals surface area contributed by atoms with Crippen LogP contribution in [0.25, 0.3) is 0 Å². The van der Waals surface area contributed by atoms with E-state index in [9.17, 15) is 9.90 Å². The number of benzene rings is 1. The summed E-state index contributed by atoms with van der Waals surface area (Å²) in [6.07, 6.45) is 5.16. The van der Waals surface area contributed by atoms with Crippen molar-refractivity contribution < 1.29 is 19.5 Å². The molecule has 0 atom stereocenters. The second kappa shape index (κ2) is 9.22. The van der Waals surface area contributed by atoms with E-state index in [1.54, 1.807) is 18.2 Å². The van der Waals surface area contributed by atoms with Crippen molar-refractivity contribution in [2.75, 3.05) is 6.61 Å². The Balaban J connectivity index is 1.97. The van der Waals surface area contributed by atoms with Crippen molar-refractivity contribution in [2.45, 2.75) is 38.5 Å². The molecule has 1 rings (SSSR count). The molecule has 0 unspecified atom stereocenters. The van der Waals surface area contributed by atoms with Gasteiger partial charge in [0.25, 0.3) is 0 Å². The Morgan fingerprint density at radius 3 is 2.53 bits per heavy atom. The lowest BCUT2D eigenvalue weighted by Crippen LogP contribution is -2.09. The fourth-order valence-electron chi connectivity index (χ4n) is 1.72. The topological polar surface area (TPSA) is 81.8 Å². The number of phenolic OH excluding ortho intramolecular Hbond substituents is 1. The minimum Gasteiger partial charge on any atom is -0.504 e. The van der Waals surface area contributed by atoms with Crippen LogP contribution in [0.15, 0.2) is 24.3 Å². The van der Waals surface area contributed by atoms with Crippen LogP contribution >= 0.6 is 0 Å². The molecule has 1 aromatic rings. The number of carbonyl (C=O) groups excluding carboxylic acids is 1. The van der Waals surface area contributed by atoms with Gasteiger partial charge in [-0.2, -0.15) is 5.90 Å². The molecule has 0 fully saturated rings. The first-order valence-corrected chi connectivity index (χ1v) is 6.54. The zero-order valence-corrected chi connectivity index (χ0v) is 11.0. The van der Waals surface area contributed by atoms with Gasteiger partial charge in [-0.1, -0.05) is 31.4 Å². The highest BCUT2D eigenvalue weighted by atomic mass is 16.7. The number of unbranched alkanes of at least 4 members (excludes halogenated alkanes) is 4. The lowest BCUT2D eigenvalue weighted by atomic mass is 10.1. The van der Waals surface area contributed by atoms with Crippen LogP contribution in [0.5, 0.6) is 11.5 Å². The summed E-state index contributed by atoms with van der Waals surface area (Å²) in [6, 6.07) is 6.93. The zero-order valence-electron chi connectivity index (χ0n) is 11.0. The maximum atomic E-state index is 10.7. The van der Waals surface area contributed by atoms with Crippen LogP contribution in [0, 0.1) is 0 Å². The number of nitrogens with two attached hydrogens (primary N) is 1. The molecule has 0 aliphatic rings. The monoisotopic (exact) mass is 267 g/mol. The largest absolute Gasteiger partial charge is 0.504 e. The highest BCUT2D eigenvalue weighted by molar-refractivity contribution is 5.68. The first-order valence-electron chi connectivity index (χ1n) is 6.54. The number of rotatable bonds is 9. The van der Waals surface area contributed by atoms with E-state index >= 15 is 0 Å². The Hall–Kier alpha value is -1.75. The lowest BCUT2D eigenvalue weighted by Gasteiger charge is -2.07. The predicted molar refractivity (Wildman–Crippen MR) is 71.6 cm³/mol. The van der Waals surface area contributed by atoms with Crippen LogP contribution in [-0.4, -0.2) is 17.7 Å². The van der Waals surface area contributed by atoms with Crippen LogP contribution in [0.3, 0.4) is 0 Å². The van der Waals surface area contributed by atoms with E-state index in [-0.39, 0.29) is 11.7 Å². The van der Waals surface area contributed by atoms with E-state index in [1.807, 2.05) is 6.07 Å². The van der Waals surface area contributed by atoms with Gasteiger partial charge in [-0.3, -0.25) is 4.79 Å². The molecule has 0 aliphatic carbocycles. The second-order valence-electron chi connectivity index (χ2n) is 4.32. The van der Waals surface area contributed by atoms with Crippen molar-refractivity contribution in [2.24, 2.45) is 5.90 Å². The second-order valence-corrected chi connectivity index (χ2v) is 4.32. The van der Waals surface area contributed by atoms with Crippen molar-refractivity contribution in [3.05, 3.63) is 24.3 Å². The van der Waals surface area contributed by atoms with Crippen LogP contribution in [-0.2, 0) is 9.63 Å². The third kappa shape index (κ3) is 6.67. The van der Waals surface area contributed by atoms with Gasteiger partial charge in [0.1, 0.15) is 0 Å². The number of aromatic hydroxyl groups is 1. The van der Waals surface area contributed by atoms with Gasteiger partial charge in [-0.15, -0.1) is 0 Å². The van der Waals surface area contributed by atoms with E-state index in [1.165, 1.54) is 0 Å². The van der Waals surface area contributed by atoms with E-state index < -0.39 is 0 Å². The highest BCUT2D eigenvalue weighted by Gasteiger charge is 2.01. The van der Waals surface area contributed by atoms with Gasteiger partial charge in [0.2, 0.25) is 0 Å². The minimum absolute atomic E-state index is 0.169. The molecule has 106 valence electrons. The Kier molecular flexibility index (Phi) is 7.43. The SMILES string of the molecule is NOC(=O)CCCCCCCOc1ccccc1O. The molecular formula is C14H21NO4. The molecule has 1 aromatic carbocycles. The van der Waals surface area contributed by atoms with Crippen LogP contribution in [0.2, 0.25) is 0 Å². The normalized spacial score (nSPS) is 10.2. The molecule has 0 saturated heterocycles. The fourth-order valence-corrected chi connectivity index (χ4v) is 1.72. The number of ether oxygens (including phenoxy) is 1. The third-order valence-corrected chi connectivity index (χ3v) is 2.78. The average Bonchev–Trinajstić information content (AvgIpc) is 2.43. The molecule has 3 N–H and O–H groups in total. The van der Waals surface area contributed by atoms with Crippen molar-refractivity contribution in [1.82, 2.24) is 0 Å². The summed E-state index contributed by atoms with van der Waals surface area (Å²) in [7, 11) is 0. The Bertz CT molecular complexity index is 381. The molecule has 0 aliphatic heterocycles. The van der Waals surface area contributed by atoms with Gasteiger partial charge in [0.15, 0.2) is 11.5 Å². The summed E-state index contributed by atoms with van der Waals surface area (Å²) in [5.74, 6) is 5.07. The van der Waals surface area contributed by atoms with Crippen molar-refractivity contribution in [3.63, 3.8) is 0 Å². The van der Waals surface area contributed by atoms with Crippen molar-refractivity contribution in [1.29, 1.82) is 0 Å².